The van der Waals surface area contributed by atoms with Gasteiger partial charge in [0.05, 0.1) is 7.11 Å². The summed E-state index contributed by atoms with van der Waals surface area (Å²) in [6, 6.07) is 13.6. The van der Waals surface area contributed by atoms with Crippen molar-refractivity contribution in [3.05, 3.63) is 42.0 Å². The molecule has 3 rings (SSSR count). The second-order valence-electron chi connectivity index (χ2n) is 5.25. The minimum Gasteiger partial charge on any atom is -0.497 e. The molecule has 1 fully saturated rings. The molecule has 2 aromatic rings. The molecule has 2 nitrogen and oxygen atoms in total. The molecule has 0 spiro atoms. The van der Waals surface area contributed by atoms with Gasteiger partial charge in [0.25, 0.3) is 0 Å². The summed E-state index contributed by atoms with van der Waals surface area (Å²) in [6.45, 7) is 3.27. The molecule has 0 bridgehead atoms. The predicted molar refractivity (Wildman–Crippen MR) is 74.9 cm³/mol. The average Bonchev–Trinajstić information content (AvgIpc) is 3.11. The maximum atomic E-state index is 5.24. The van der Waals surface area contributed by atoms with Crippen LogP contribution in [-0.4, -0.2) is 13.2 Å². The van der Waals surface area contributed by atoms with Crippen LogP contribution >= 0.6 is 0 Å². The van der Waals surface area contributed by atoms with E-state index in [9.17, 15) is 0 Å². The first kappa shape index (κ1) is 11.5. The van der Waals surface area contributed by atoms with E-state index in [1.165, 1.54) is 22.8 Å². The number of fused-ring (bicyclic) bond motifs is 1. The molecule has 0 heterocycles. The normalized spacial score (nSPS) is 22.1. The zero-order chi connectivity index (χ0) is 12.5. The minimum atomic E-state index is 0.733. The summed E-state index contributed by atoms with van der Waals surface area (Å²) in [4.78, 5) is 0. The molecule has 94 valence electrons. The summed E-state index contributed by atoms with van der Waals surface area (Å²) >= 11 is 0. The van der Waals surface area contributed by atoms with E-state index in [1.54, 1.807) is 7.11 Å². The molecule has 0 aliphatic heterocycles. The van der Waals surface area contributed by atoms with Crippen LogP contribution in [0.1, 0.15) is 18.9 Å². The summed E-state index contributed by atoms with van der Waals surface area (Å²) < 4.78 is 5.24. The first-order valence-corrected chi connectivity index (χ1v) is 6.56. The Morgan fingerprint density at radius 2 is 1.89 bits per heavy atom. The monoisotopic (exact) mass is 241 g/mol. The van der Waals surface area contributed by atoms with Crippen LogP contribution in [0.15, 0.2) is 36.4 Å². The zero-order valence-electron chi connectivity index (χ0n) is 10.9. The Kier molecular flexibility index (Phi) is 2.96. The fourth-order valence-electron chi connectivity index (χ4n) is 2.37. The Morgan fingerprint density at radius 1 is 1.17 bits per heavy atom. The lowest BCUT2D eigenvalue weighted by molar-refractivity contribution is 0.415. The van der Waals surface area contributed by atoms with Crippen molar-refractivity contribution in [3.63, 3.8) is 0 Å². The van der Waals surface area contributed by atoms with Crippen LogP contribution in [0.2, 0.25) is 0 Å². The highest BCUT2D eigenvalue weighted by Gasteiger charge is 2.31. The Labute approximate surface area is 108 Å². The fraction of sp³-hybridized carbons (Fsp3) is 0.375. The summed E-state index contributed by atoms with van der Waals surface area (Å²) in [5.74, 6) is 1.77. The molecule has 0 radical (unpaired) electrons. The van der Waals surface area contributed by atoms with Gasteiger partial charge in [0.2, 0.25) is 0 Å². The second-order valence-corrected chi connectivity index (χ2v) is 5.25. The van der Waals surface area contributed by atoms with Gasteiger partial charge in [0.15, 0.2) is 0 Å². The molecule has 2 aromatic carbocycles. The van der Waals surface area contributed by atoms with E-state index in [0.29, 0.717) is 0 Å². The lowest BCUT2D eigenvalue weighted by Gasteiger charge is -2.07. The van der Waals surface area contributed by atoms with E-state index in [4.69, 9.17) is 4.74 Å². The first-order chi connectivity index (χ1) is 8.76. The van der Waals surface area contributed by atoms with Crippen molar-refractivity contribution in [2.75, 3.05) is 7.11 Å². The third-order valence-corrected chi connectivity index (χ3v) is 3.79. The van der Waals surface area contributed by atoms with E-state index in [1.807, 2.05) is 6.07 Å². The van der Waals surface area contributed by atoms with Crippen molar-refractivity contribution in [1.29, 1.82) is 0 Å². The fourth-order valence-corrected chi connectivity index (χ4v) is 2.37. The van der Waals surface area contributed by atoms with Crippen LogP contribution in [0.3, 0.4) is 0 Å². The van der Waals surface area contributed by atoms with Gasteiger partial charge in [0.1, 0.15) is 5.75 Å². The van der Waals surface area contributed by atoms with Crippen molar-refractivity contribution in [1.82, 2.24) is 5.32 Å². The van der Waals surface area contributed by atoms with Crippen LogP contribution in [-0.2, 0) is 6.54 Å². The molecule has 0 amide bonds. The maximum absolute atomic E-state index is 5.24. The van der Waals surface area contributed by atoms with E-state index in [-0.39, 0.29) is 0 Å². The van der Waals surface area contributed by atoms with E-state index < -0.39 is 0 Å². The highest BCUT2D eigenvalue weighted by atomic mass is 16.5. The Morgan fingerprint density at radius 3 is 2.61 bits per heavy atom. The first-order valence-electron chi connectivity index (χ1n) is 6.56. The molecule has 1 N–H and O–H groups in total. The van der Waals surface area contributed by atoms with Gasteiger partial charge < -0.3 is 10.1 Å². The van der Waals surface area contributed by atoms with Gasteiger partial charge in [-0.3, -0.25) is 0 Å². The molecule has 2 heteroatoms. The molecule has 1 aliphatic rings. The second kappa shape index (κ2) is 4.62. The summed E-state index contributed by atoms with van der Waals surface area (Å²) in [7, 11) is 1.70. The summed E-state index contributed by atoms with van der Waals surface area (Å²) in [5, 5.41) is 6.10. The highest BCUT2D eigenvalue weighted by molar-refractivity contribution is 5.84. The Bertz CT molecular complexity index is 564. The van der Waals surface area contributed by atoms with Crippen LogP contribution in [0.5, 0.6) is 5.75 Å². The van der Waals surface area contributed by atoms with Gasteiger partial charge in [0, 0.05) is 12.6 Å². The van der Waals surface area contributed by atoms with Crippen LogP contribution in [0.4, 0.5) is 0 Å². The van der Waals surface area contributed by atoms with E-state index >= 15 is 0 Å². The highest BCUT2D eigenvalue weighted by Crippen LogP contribution is 2.29. The van der Waals surface area contributed by atoms with Crippen molar-refractivity contribution in [2.45, 2.75) is 25.9 Å². The molecule has 2 atom stereocenters. The van der Waals surface area contributed by atoms with Crippen LogP contribution < -0.4 is 10.1 Å². The third-order valence-electron chi connectivity index (χ3n) is 3.79. The SMILES string of the molecule is COc1ccc2cc(CNC3CC3C)ccc2c1. The van der Waals surface area contributed by atoms with Crippen LogP contribution in [0, 0.1) is 5.92 Å². The number of nitrogens with one attached hydrogen (secondary N) is 1. The van der Waals surface area contributed by atoms with Gasteiger partial charge in [-0.1, -0.05) is 25.1 Å². The van der Waals surface area contributed by atoms with Gasteiger partial charge in [-0.25, -0.2) is 0 Å². The minimum absolute atomic E-state index is 0.733. The summed E-state index contributed by atoms with van der Waals surface area (Å²) in [5.41, 5.74) is 1.35. The number of hydrogen-bond acceptors (Lipinski definition) is 2. The maximum Gasteiger partial charge on any atom is 0.119 e. The van der Waals surface area contributed by atoms with Gasteiger partial charge >= 0.3 is 0 Å². The van der Waals surface area contributed by atoms with Gasteiger partial charge in [-0.15, -0.1) is 0 Å². The molecule has 18 heavy (non-hydrogen) atoms. The largest absolute Gasteiger partial charge is 0.497 e. The van der Waals surface area contributed by atoms with Crippen molar-refractivity contribution in [2.24, 2.45) is 5.92 Å². The molecular weight excluding hydrogens is 222 g/mol. The van der Waals surface area contributed by atoms with Crippen molar-refractivity contribution < 1.29 is 4.74 Å². The number of hydrogen-bond donors (Lipinski definition) is 1. The van der Waals surface area contributed by atoms with Gasteiger partial charge in [-0.2, -0.15) is 0 Å². The van der Waals surface area contributed by atoms with Crippen molar-refractivity contribution in [3.8, 4) is 5.75 Å². The number of benzene rings is 2. The number of ether oxygens (including phenoxy) is 1. The summed E-state index contributed by atoms with van der Waals surface area (Å²) in [6.07, 6.45) is 1.32. The molecular formula is C16H19NO. The topological polar surface area (TPSA) is 21.3 Å². The molecule has 0 saturated heterocycles. The van der Waals surface area contributed by atoms with Crippen LogP contribution in [0.25, 0.3) is 10.8 Å². The van der Waals surface area contributed by atoms with E-state index in [0.717, 1.165) is 24.3 Å². The lowest BCUT2D eigenvalue weighted by Crippen LogP contribution is -2.16. The average molecular weight is 241 g/mol. The molecule has 0 aromatic heterocycles. The number of methoxy groups -OCH3 is 1. The smallest absolute Gasteiger partial charge is 0.119 e. The number of rotatable bonds is 4. The Balaban J connectivity index is 1.78. The van der Waals surface area contributed by atoms with E-state index in [2.05, 4.69) is 42.6 Å². The quantitative estimate of drug-likeness (QED) is 0.886. The van der Waals surface area contributed by atoms with Gasteiger partial charge in [-0.05, 0) is 46.9 Å². The molecule has 1 saturated carbocycles. The third kappa shape index (κ3) is 2.34. The lowest BCUT2D eigenvalue weighted by atomic mass is 10.1. The van der Waals surface area contributed by atoms with Crippen molar-refractivity contribution >= 4 is 10.8 Å². The molecule has 2 unspecified atom stereocenters. The zero-order valence-corrected chi connectivity index (χ0v) is 10.9. The predicted octanol–water partition coefficient (Wildman–Crippen LogP) is 3.35. The Hall–Kier alpha value is -1.54. The molecule has 1 aliphatic carbocycles. The standard InChI is InChI=1S/C16H19NO/c1-11-7-16(11)17-10-12-3-4-14-9-15(18-2)6-5-13(14)8-12/h3-6,8-9,11,16-17H,7,10H2,1-2H3.